The molecule has 0 radical (unpaired) electrons. The van der Waals surface area contributed by atoms with Crippen LogP contribution in [0.3, 0.4) is 0 Å². The molecule has 1 N–H and O–H groups in total. The molecular formula is C11H8FNO4. The Kier molecular flexibility index (Phi) is 3.04. The third-order valence-corrected chi connectivity index (χ3v) is 1.95. The minimum Gasteiger partial charge on any atom is -0.484 e. The molecule has 0 amide bonds. The smallest absolute Gasteiger partial charge is 0.357 e. The van der Waals surface area contributed by atoms with Crippen LogP contribution in [0.1, 0.15) is 16.4 Å². The fraction of sp³-hybridized carbons (Fsp3) is 0.0909. The van der Waals surface area contributed by atoms with Crippen molar-refractivity contribution in [2.75, 3.05) is 0 Å². The van der Waals surface area contributed by atoms with Gasteiger partial charge in [0.1, 0.15) is 17.8 Å². The third-order valence-electron chi connectivity index (χ3n) is 1.95. The van der Waals surface area contributed by atoms with Crippen LogP contribution in [0.5, 0.6) is 5.75 Å². The average molecular weight is 237 g/mol. The second kappa shape index (κ2) is 4.65. The van der Waals surface area contributed by atoms with Gasteiger partial charge in [-0.15, -0.1) is 0 Å². The molecule has 0 spiro atoms. The van der Waals surface area contributed by atoms with Crippen LogP contribution in [0.2, 0.25) is 0 Å². The lowest BCUT2D eigenvalue weighted by Gasteiger charge is -2.02. The maximum absolute atomic E-state index is 12.6. The summed E-state index contributed by atoms with van der Waals surface area (Å²) >= 11 is 0. The van der Waals surface area contributed by atoms with Crippen molar-refractivity contribution < 1.29 is 23.4 Å². The Balaban J connectivity index is 1.97. The van der Waals surface area contributed by atoms with Crippen molar-refractivity contribution in [1.82, 2.24) is 4.98 Å². The fourth-order valence-electron chi connectivity index (χ4n) is 1.15. The minimum absolute atomic E-state index is 0.0150. The Morgan fingerprint density at radius 1 is 1.41 bits per heavy atom. The Morgan fingerprint density at radius 2 is 2.12 bits per heavy atom. The number of halogens is 1. The van der Waals surface area contributed by atoms with E-state index in [0.29, 0.717) is 5.75 Å². The van der Waals surface area contributed by atoms with E-state index in [9.17, 15) is 9.18 Å². The summed E-state index contributed by atoms with van der Waals surface area (Å²) in [5, 5.41) is 8.61. The lowest BCUT2D eigenvalue weighted by atomic mass is 10.3. The number of oxazole rings is 1. The predicted octanol–water partition coefficient (Wildman–Crippen LogP) is 2.09. The summed E-state index contributed by atoms with van der Waals surface area (Å²) in [6, 6.07) is 5.42. The molecule has 0 saturated heterocycles. The Bertz CT molecular complexity index is 521. The SMILES string of the molecule is O=C(O)c1coc(COc2ccc(F)cc2)n1. The zero-order valence-electron chi connectivity index (χ0n) is 8.59. The number of benzene rings is 1. The summed E-state index contributed by atoms with van der Waals surface area (Å²) < 4.78 is 22.7. The van der Waals surface area contributed by atoms with Gasteiger partial charge in [-0.25, -0.2) is 14.2 Å². The third kappa shape index (κ3) is 2.81. The van der Waals surface area contributed by atoms with Gasteiger partial charge in [0.05, 0.1) is 0 Å². The number of hydrogen-bond donors (Lipinski definition) is 1. The molecule has 6 heteroatoms. The molecular weight excluding hydrogens is 229 g/mol. The van der Waals surface area contributed by atoms with Gasteiger partial charge in [-0.1, -0.05) is 0 Å². The van der Waals surface area contributed by atoms with Gasteiger partial charge < -0.3 is 14.3 Å². The number of rotatable bonds is 4. The van der Waals surface area contributed by atoms with E-state index in [2.05, 4.69) is 4.98 Å². The topological polar surface area (TPSA) is 72.6 Å². The number of nitrogens with zero attached hydrogens (tertiary/aromatic N) is 1. The Morgan fingerprint density at radius 3 is 2.71 bits per heavy atom. The van der Waals surface area contributed by atoms with Crippen molar-refractivity contribution >= 4 is 5.97 Å². The van der Waals surface area contributed by atoms with Gasteiger partial charge >= 0.3 is 5.97 Å². The highest BCUT2D eigenvalue weighted by Crippen LogP contribution is 2.13. The lowest BCUT2D eigenvalue weighted by Crippen LogP contribution is -1.99. The first-order chi connectivity index (χ1) is 8.15. The molecule has 0 atom stereocenters. The standard InChI is InChI=1S/C11H8FNO4/c12-7-1-3-8(4-2-7)16-6-10-13-9(5-17-10)11(14)15/h1-5H,6H2,(H,14,15). The first-order valence-corrected chi connectivity index (χ1v) is 4.71. The molecule has 1 aromatic carbocycles. The molecule has 88 valence electrons. The molecule has 1 aromatic heterocycles. The number of aromatic nitrogens is 1. The quantitative estimate of drug-likeness (QED) is 0.881. The van der Waals surface area contributed by atoms with Crippen LogP contribution < -0.4 is 4.74 Å². The molecule has 0 saturated carbocycles. The van der Waals surface area contributed by atoms with Crippen LogP contribution >= 0.6 is 0 Å². The van der Waals surface area contributed by atoms with Gasteiger partial charge in [-0.2, -0.15) is 0 Å². The Labute approximate surface area is 95.5 Å². The minimum atomic E-state index is -1.17. The van der Waals surface area contributed by atoms with Crippen molar-refractivity contribution in [3.05, 3.63) is 47.9 Å². The largest absolute Gasteiger partial charge is 0.484 e. The second-order valence-corrected chi connectivity index (χ2v) is 3.17. The van der Waals surface area contributed by atoms with Crippen molar-refractivity contribution in [2.24, 2.45) is 0 Å². The first kappa shape index (κ1) is 11.1. The van der Waals surface area contributed by atoms with E-state index >= 15 is 0 Å². The zero-order chi connectivity index (χ0) is 12.3. The molecule has 0 aliphatic carbocycles. The summed E-state index contributed by atoms with van der Waals surface area (Å²) in [4.78, 5) is 14.2. The molecule has 1 heterocycles. The average Bonchev–Trinajstić information content (AvgIpc) is 2.77. The van der Waals surface area contributed by atoms with E-state index in [1.807, 2.05) is 0 Å². The highest BCUT2D eigenvalue weighted by Gasteiger charge is 2.10. The zero-order valence-corrected chi connectivity index (χ0v) is 8.59. The van der Waals surface area contributed by atoms with Crippen molar-refractivity contribution in [2.45, 2.75) is 6.61 Å². The summed E-state index contributed by atoms with van der Waals surface area (Å²) in [6.07, 6.45) is 1.03. The number of carbonyl (C=O) groups is 1. The molecule has 0 aliphatic heterocycles. The van der Waals surface area contributed by atoms with Gasteiger partial charge in [0.2, 0.25) is 5.89 Å². The number of carboxylic acids is 1. The van der Waals surface area contributed by atoms with Gasteiger partial charge in [0, 0.05) is 0 Å². The van der Waals surface area contributed by atoms with Crippen LogP contribution in [0.15, 0.2) is 34.9 Å². The predicted molar refractivity (Wildman–Crippen MR) is 54.2 cm³/mol. The molecule has 0 fully saturated rings. The van der Waals surface area contributed by atoms with Crippen LogP contribution in [0.25, 0.3) is 0 Å². The van der Waals surface area contributed by atoms with Crippen molar-refractivity contribution in [1.29, 1.82) is 0 Å². The van der Waals surface area contributed by atoms with Gasteiger partial charge in [-0.3, -0.25) is 0 Å². The van der Waals surface area contributed by atoms with Gasteiger partial charge in [0.15, 0.2) is 12.3 Å². The number of hydrogen-bond acceptors (Lipinski definition) is 4. The van der Waals surface area contributed by atoms with E-state index in [1.54, 1.807) is 0 Å². The molecule has 0 unspecified atom stereocenters. The van der Waals surface area contributed by atoms with Crippen LogP contribution in [-0.4, -0.2) is 16.1 Å². The monoisotopic (exact) mass is 237 g/mol. The molecule has 0 bridgehead atoms. The normalized spacial score (nSPS) is 10.2. The highest BCUT2D eigenvalue weighted by atomic mass is 19.1. The lowest BCUT2D eigenvalue weighted by molar-refractivity contribution is 0.0690. The molecule has 2 aromatic rings. The Hall–Kier alpha value is -2.37. The highest BCUT2D eigenvalue weighted by molar-refractivity contribution is 5.84. The number of carboxylic acid groups (broad SMARTS) is 1. The van der Waals surface area contributed by atoms with Gasteiger partial charge in [0.25, 0.3) is 0 Å². The first-order valence-electron chi connectivity index (χ1n) is 4.71. The molecule has 5 nitrogen and oxygen atoms in total. The maximum Gasteiger partial charge on any atom is 0.357 e. The van der Waals surface area contributed by atoms with Crippen LogP contribution in [0, 0.1) is 5.82 Å². The molecule has 2 rings (SSSR count). The maximum atomic E-state index is 12.6. The fourth-order valence-corrected chi connectivity index (χ4v) is 1.15. The van der Waals surface area contributed by atoms with E-state index in [4.69, 9.17) is 14.3 Å². The van der Waals surface area contributed by atoms with E-state index in [0.717, 1.165) is 6.26 Å². The molecule has 0 aliphatic rings. The van der Waals surface area contributed by atoms with E-state index in [-0.39, 0.29) is 24.0 Å². The van der Waals surface area contributed by atoms with E-state index < -0.39 is 5.97 Å². The van der Waals surface area contributed by atoms with Gasteiger partial charge in [-0.05, 0) is 24.3 Å². The van der Waals surface area contributed by atoms with E-state index in [1.165, 1.54) is 24.3 Å². The second-order valence-electron chi connectivity index (χ2n) is 3.17. The van der Waals surface area contributed by atoms with Crippen LogP contribution in [0.4, 0.5) is 4.39 Å². The summed E-state index contributed by atoms with van der Waals surface area (Å²) in [7, 11) is 0. The summed E-state index contributed by atoms with van der Waals surface area (Å²) in [5.41, 5.74) is -0.178. The van der Waals surface area contributed by atoms with Crippen LogP contribution in [-0.2, 0) is 6.61 Å². The summed E-state index contributed by atoms with van der Waals surface area (Å²) in [6.45, 7) is -0.0150. The number of aromatic carboxylic acids is 1. The molecule has 17 heavy (non-hydrogen) atoms. The van der Waals surface area contributed by atoms with Crippen molar-refractivity contribution in [3.8, 4) is 5.75 Å². The van der Waals surface area contributed by atoms with Crippen molar-refractivity contribution in [3.63, 3.8) is 0 Å². The summed E-state index contributed by atoms with van der Waals surface area (Å²) in [5.74, 6) is -0.934. The number of ether oxygens (including phenoxy) is 1.